The smallest absolute Gasteiger partial charge is 0.316 e. The molecular weight excluding hydrogens is 334 g/mol. The van der Waals surface area contributed by atoms with Crippen molar-refractivity contribution in [1.82, 2.24) is 0 Å². The molecule has 0 bridgehead atoms. The maximum atomic E-state index is 12.1. The summed E-state index contributed by atoms with van der Waals surface area (Å²) < 4.78 is 6.81. The van der Waals surface area contributed by atoms with Gasteiger partial charge in [-0.15, -0.1) is 0 Å². The van der Waals surface area contributed by atoms with Gasteiger partial charge < -0.3 is 22.5 Å². The molecule has 0 aliphatic rings. The Kier molecular flexibility index (Phi) is 7.16. The highest BCUT2D eigenvalue weighted by Gasteiger charge is 2.19. The normalized spacial score (nSPS) is 9.62. The number of nitrogens with one attached hydrogen (secondary N) is 1. The number of hydrogen-bond acceptors (Lipinski definition) is 4. The molecule has 0 atom stereocenters. The van der Waals surface area contributed by atoms with Gasteiger partial charge in [0.25, 0.3) is 0 Å². The lowest BCUT2D eigenvalue weighted by molar-refractivity contribution is -0.684. The minimum absolute atomic E-state index is 0. The third-order valence-electron chi connectivity index (χ3n) is 3.07. The lowest BCUT2D eigenvalue weighted by Gasteiger charge is -2.16. The number of amides is 2. The van der Waals surface area contributed by atoms with Crippen molar-refractivity contribution in [2.75, 3.05) is 17.5 Å². The van der Waals surface area contributed by atoms with E-state index < -0.39 is 5.91 Å². The van der Waals surface area contributed by atoms with E-state index in [0.717, 1.165) is 0 Å². The van der Waals surface area contributed by atoms with E-state index in [4.69, 9.17) is 4.74 Å². The van der Waals surface area contributed by atoms with Crippen molar-refractivity contribution in [3.8, 4) is 5.75 Å². The number of pyridine rings is 1. The fraction of sp³-hybridized carbons (Fsp3) is 0.188. The van der Waals surface area contributed by atoms with Crippen LogP contribution in [0.15, 0.2) is 48.8 Å². The molecule has 2 aromatic rings. The number of methoxy groups -OCH3 is 1. The van der Waals surface area contributed by atoms with Crippen LogP contribution < -0.4 is 32.1 Å². The first-order valence-electron chi connectivity index (χ1n) is 6.93. The molecule has 8 heteroatoms. The van der Waals surface area contributed by atoms with Crippen molar-refractivity contribution in [3.05, 3.63) is 48.8 Å². The predicted octanol–water partition coefficient (Wildman–Crippen LogP) is -1.63. The lowest BCUT2D eigenvalue weighted by Crippen LogP contribution is -3.00. The Morgan fingerprint density at radius 2 is 1.92 bits per heavy atom. The van der Waals surface area contributed by atoms with E-state index in [0.29, 0.717) is 16.5 Å². The first kappa shape index (κ1) is 19.4. The van der Waals surface area contributed by atoms with Gasteiger partial charge in [0, 0.05) is 25.1 Å². The Morgan fingerprint density at radius 1 is 1.25 bits per heavy atom. The van der Waals surface area contributed by atoms with Crippen molar-refractivity contribution in [1.29, 1.82) is 0 Å². The van der Waals surface area contributed by atoms with Gasteiger partial charge in [0.1, 0.15) is 5.75 Å². The second-order valence-electron chi connectivity index (χ2n) is 4.82. The van der Waals surface area contributed by atoms with Crippen LogP contribution in [0.5, 0.6) is 5.75 Å². The zero-order valence-corrected chi connectivity index (χ0v) is 14.0. The van der Waals surface area contributed by atoms with Crippen LogP contribution in [0.2, 0.25) is 0 Å². The predicted molar refractivity (Wildman–Crippen MR) is 83.2 cm³/mol. The van der Waals surface area contributed by atoms with Crippen molar-refractivity contribution in [2.24, 2.45) is 0 Å². The monoisotopic (exact) mass is 351 g/mol. The molecule has 0 fully saturated rings. The molecule has 1 heterocycles. The van der Waals surface area contributed by atoms with Gasteiger partial charge in [0.2, 0.25) is 12.5 Å². The van der Waals surface area contributed by atoms with Crippen LogP contribution >= 0.6 is 0 Å². The van der Waals surface area contributed by atoms with E-state index in [1.54, 1.807) is 35.2 Å². The number of nitrogens with zero attached hydrogens (tertiary/aromatic N) is 2. The molecule has 128 valence electrons. The van der Waals surface area contributed by atoms with Crippen molar-refractivity contribution < 1.29 is 36.5 Å². The highest BCUT2D eigenvalue weighted by molar-refractivity contribution is 5.93. The van der Waals surface area contributed by atoms with E-state index in [9.17, 15) is 14.8 Å². The van der Waals surface area contributed by atoms with Gasteiger partial charge >= 0.3 is 5.91 Å². The summed E-state index contributed by atoms with van der Waals surface area (Å²) in [5.74, 6) is -0.402. The highest BCUT2D eigenvalue weighted by atomic mass is 35.5. The molecule has 0 saturated heterocycles. The first-order chi connectivity index (χ1) is 11.0. The Morgan fingerprint density at radius 3 is 2.50 bits per heavy atom. The summed E-state index contributed by atoms with van der Waals surface area (Å²) in [6.45, 7) is 1.37. The first-order valence-corrected chi connectivity index (χ1v) is 6.93. The van der Waals surface area contributed by atoms with Gasteiger partial charge in [-0.05, 0) is 12.1 Å². The van der Waals surface area contributed by atoms with Crippen molar-refractivity contribution in [3.63, 3.8) is 0 Å². The number of anilines is 2. The Bertz CT molecular complexity index is 710. The van der Waals surface area contributed by atoms with Crippen LogP contribution in [0.1, 0.15) is 6.92 Å². The summed E-state index contributed by atoms with van der Waals surface area (Å²) in [5.41, 5.74) is 0.708. The number of ether oxygens (including phenoxy) is 1. The van der Waals surface area contributed by atoms with Gasteiger partial charge in [-0.3, -0.25) is 14.8 Å². The molecule has 1 aromatic carbocycles. The second-order valence-corrected chi connectivity index (χ2v) is 4.82. The summed E-state index contributed by atoms with van der Waals surface area (Å²) in [6, 6.07) is 9.96. The average molecular weight is 352 g/mol. The Labute approximate surface area is 145 Å². The quantitative estimate of drug-likeness (QED) is 0.385. The molecule has 0 radical (unpaired) electrons. The van der Waals surface area contributed by atoms with Crippen molar-refractivity contribution >= 4 is 23.2 Å². The zero-order valence-electron chi connectivity index (χ0n) is 13.3. The van der Waals surface area contributed by atoms with Crippen LogP contribution in [0.3, 0.4) is 0 Å². The molecule has 0 unspecified atom stereocenters. The summed E-state index contributed by atoms with van der Waals surface area (Å²) in [5, 5.41) is 13.2. The number of carbonyl (C=O) groups is 2. The molecule has 24 heavy (non-hydrogen) atoms. The maximum Gasteiger partial charge on any atom is 0.316 e. The van der Waals surface area contributed by atoms with E-state index in [2.05, 4.69) is 5.32 Å². The molecule has 0 saturated carbocycles. The van der Waals surface area contributed by atoms with Crippen LogP contribution in [-0.2, 0) is 16.1 Å². The number of benzene rings is 1. The van der Waals surface area contributed by atoms with E-state index >= 15 is 0 Å². The van der Waals surface area contributed by atoms with Crippen LogP contribution in [0, 0.1) is 0 Å². The van der Waals surface area contributed by atoms with E-state index in [1.807, 2.05) is 6.07 Å². The molecular formula is C16H18ClN3O4. The summed E-state index contributed by atoms with van der Waals surface area (Å²) in [7, 11) is 1.44. The highest BCUT2D eigenvalue weighted by Crippen LogP contribution is 2.29. The fourth-order valence-corrected chi connectivity index (χ4v) is 2.01. The van der Waals surface area contributed by atoms with E-state index in [-0.39, 0.29) is 30.5 Å². The SMILES string of the molecule is COc1cc(N(O)C(=O)C[n+]2ccccc2)ccc1NC(C)=O.[Cl-]. The molecule has 2 N–H and O–H groups in total. The molecule has 2 rings (SSSR count). The van der Waals surface area contributed by atoms with Crippen LogP contribution in [0.4, 0.5) is 11.4 Å². The zero-order chi connectivity index (χ0) is 16.8. The minimum atomic E-state index is -0.504. The Hall–Kier alpha value is -2.64. The molecule has 0 aliphatic heterocycles. The lowest BCUT2D eigenvalue weighted by atomic mass is 10.2. The number of hydroxylamine groups is 1. The third kappa shape index (κ3) is 4.94. The topological polar surface area (TPSA) is 82.8 Å². The largest absolute Gasteiger partial charge is 1.00 e. The Balaban J connectivity index is 0.00000288. The molecule has 0 aliphatic carbocycles. The van der Waals surface area contributed by atoms with Crippen molar-refractivity contribution in [2.45, 2.75) is 13.5 Å². The number of halogens is 1. The molecule has 1 aromatic heterocycles. The van der Waals surface area contributed by atoms with Gasteiger partial charge in [-0.2, -0.15) is 9.63 Å². The summed E-state index contributed by atoms with van der Waals surface area (Å²) >= 11 is 0. The number of carbonyl (C=O) groups excluding carboxylic acids is 2. The molecule has 7 nitrogen and oxygen atoms in total. The van der Waals surface area contributed by atoms with Crippen LogP contribution in [-0.4, -0.2) is 24.1 Å². The maximum absolute atomic E-state index is 12.1. The summed E-state index contributed by atoms with van der Waals surface area (Å²) in [6.07, 6.45) is 3.46. The van der Waals surface area contributed by atoms with Crippen LogP contribution in [0.25, 0.3) is 0 Å². The third-order valence-corrected chi connectivity index (χ3v) is 3.07. The average Bonchev–Trinajstić information content (AvgIpc) is 2.55. The summed E-state index contributed by atoms with van der Waals surface area (Å²) in [4.78, 5) is 23.2. The van der Waals surface area contributed by atoms with Gasteiger partial charge in [-0.1, -0.05) is 6.07 Å². The van der Waals surface area contributed by atoms with Gasteiger partial charge in [-0.25, -0.2) is 0 Å². The molecule has 0 spiro atoms. The second kappa shape index (κ2) is 8.85. The van der Waals surface area contributed by atoms with Gasteiger partial charge in [0.05, 0.1) is 18.5 Å². The fourth-order valence-electron chi connectivity index (χ4n) is 2.01. The number of rotatable bonds is 5. The minimum Gasteiger partial charge on any atom is -1.00 e. The number of hydrogen-bond donors (Lipinski definition) is 2. The molecule has 2 amide bonds. The van der Waals surface area contributed by atoms with E-state index in [1.165, 1.54) is 26.2 Å². The number of aromatic nitrogens is 1. The van der Waals surface area contributed by atoms with Gasteiger partial charge in [0.15, 0.2) is 12.4 Å². The standard InChI is InChI=1S/C16H17N3O4.ClH/c1-12(20)17-14-7-6-13(10-15(14)23-2)19(22)16(21)11-18-8-4-3-5-9-18;/h3-10,22H,11H2,1-2H3;1H.